The summed E-state index contributed by atoms with van der Waals surface area (Å²) >= 11 is 0. The summed E-state index contributed by atoms with van der Waals surface area (Å²) in [6.07, 6.45) is 1.14. The van der Waals surface area contributed by atoms with Crippen LogP contribution in [0.15, 0.2) is 107 Å². The summed E-state index contributed by atoms with van der Waals surface area (Å²) in [7, 11) is -5.21. The largest absolute Gasteiger partial charge is 0.497 e. The van der Waals surface area contributed by atoms with E-state index in [9.17, 15) is 18.3 Å². The number of benzene rings is 4. The molecule has 350 valence electrons. The minimum atomic E-state index is -4.96. The monoisotopic (exact) mass is 944 g/mol. The minimum Gasteiger partial charge on any atom is -0.497 e. The number of anilines is 2. The number of tetrazole rings is 1. The normalized spacial score (nSPS) is 13.4. The Hall–Kier alpha value is -6.59. The summed E-state index contributed by atoms with van der Waals surface area (Å²) in [4.78, 5) is 17.4. The predicted octanol–water partition coefficient (Wildman–Crippen LogP) is 4.32. The highest BCUT2D eigenvalue weighted by Gasteiger charge is 2.40. The average molecular weight is 945 g/mol. The van der Waals surface area contributed by atoms with Crippen LogP contribution in [0.3, 0.4) is 0 Å². The van der Waals surface area contributed by atoms with E-state index >= 15 is 8.42 Å². The number of imidazole rings is 1. The fourth-order valence-electron chi connectivity index (χ4n) is 7.21. The van der Waals surface area contributed by atoms with Crippen molar-refractivity contribution < 1.29 is 45.7 Å². The Bertz CT molecular complexity index is 2800. The van der Waals surface area contributed by atoms with E-state index in [0.29, 0.717) is 47.4 Å². The van der Waals surface area contributed by atoms with Crippen LogP contribution < -0.4 is 29.1 Å². The number of aromatic nitrogens is 6. The van der Waals surface area contributed by atoms with E-state index < -0.39 is 54.2 Å². The van der Waals surface area contributed by atoms with E-state index in [2.05, 4.69) is 30.5 Å². The molecule has 2 aromatic heterocycles. The van der Waals surface area contributed by atoms with Crippen molar-refractivity contribution >= 4 is 37.8 Å². The summed E-state index contributed by atoms with van der Waals surface area (Å²) in [6, 6.07) is 23.5. The summed E-state index contributed by atoms with van der Waals surface area (Å²) < 4.78 is 89.9. The van der Waals surface area contributed by atoms with Gasteiger partial charge in [0.2, 0.25) is 26.0 Å². The van der Waals surface area contributed by atoms with Gasteiger partial charge in [-0.25, -0.2) is 36.0 Å². The third kappa shape index (κ3) is 10.9. The molecule has 4 aromatic carbocycles. The van der Waals surface area contributed by atoms with Crippen LogP contribution in [0.2, 0.25) is 0 Å². The molecule has 1 amide bonds. The van der Waals surface area contributed by atoms with Crippen LogP contribution in [0.1, 0.15) is 37.5 Å². The lowest BCUT2D eigenvalue weighted by Gasteiger charge is -2.28. The zero-order valence-electron chi connectivity index (χ0n) is 37.3. The highest BCUT2D eigenvalue weighted by molar-refractivity contribution is 7.92. The fraction of sp³-hybridized carbons (Fsp3) is 0.341. The van der Waals surface area contributed by atoms with Gasteiger partial charge in [0.25, 0.3) is 0 Å². The van der Waals surface area contributed by atoms with Crippen LogP contribution in [0.25, 0.3) is 11.4 Å². The second kappa shape index (κ2) is 19.9. The number of carbonyl (C=O) groups excluding carboxylic acids is 1. The number of alkyl carbamates (subject to hydrolysis) is 1. The van der Waals surface area contributed by atoms with Crippen molar-refractivity contribution in [3.63, 3.8) is 0 Å². The number of hydrogen-bond donors (Lipinski definition) is 3. The number of aliphatic hydroxyl groups excluding tert-OH is 1. The first-order chi connectivity index (χ1) is 31.5. The van der Waals surface area contributed by atoms with E-state index in [0.717, 1.165) is 5.56 Å². The van der Waals surface area contributed by atoms with Gasteiger partial charge in [0.05, 0.1) is 45.2 Å². The van der Waals surface area contributed by atoms with Gasteiger partial charge in [-0.2, -0.15) is 4.31 Å². The van der Waals surface area contributed by atoms with Crippen molar-refractivity contribution in [3.05, 3.63) is 114 Å². The smallest absolute Gasteiger partial charge is 0.407 e. The Balaban J connectivity index is 1.42. The molecule has 3 N–H and O–H groups in total. The molecule has 0 fully saturated rings. The van der Waals surface area contributed by atoms with Crippen molar-refractivity contribution in [3.8, 4) is 28.6 Å². The molecule has 20 nitrogen and oxygen atoms in total. The molecule has 1 atom stereocenters. The number of ether oxygens (including phenoxy) is 4. The summed E-state index contributed by atoms with van der Waals surface area (Å²) in [5, 5.41) is 26.0. The molecule has 0 bridgehead atoms. The first-order valence-electron chi connectivity index (χ1n) is 20.8. The molecule has 0 aliphatic carbocycles. The van der Waals surface area contributed by atoms with Gasteiger partial charge in [-0.3, -0.25) is 0 Å². The van der Waals surface area contributed by atoms with E-state index in [1.165, 1.54) is 35.3 Å². The lowest BCUT2D eigenvalue weighted by molar-refractivity contribution is 0.0494. The van der Waals surface area contributed by atoms with Crippen molar-refractivity contribution in [2.24, 2.45) is 0 Å². The number of methoxy groups -OCH3 is 3. The number of sulfonamides is 2. The fourth-order valence-corrected chi connectivity index (χ4v) is 10.7. The number of hydrogen-bond acceptors (Lipinski definition) is 15. The van der Waals surface area contributed by atoms with Crippen LogP contribution in [-0.2, 0) is 51.0 Å². The quantitative estimate of drug-likeness (QED) is 0.103. The summed E-state index contributed by atoms with van der Waals surface area (Å²) in [5.41, 5.74) is 1.19. The third-order valence-electron chi connectivity index (χ3n) is 10.4. The van der Waals surface area contributed by atoms with Gasteiger partial charge >= 0.3 is 6.09 Å². The molecule has 0 unspecified atom stereocenters. The van der Waals surface area contributed by atoms with Gasteiger partial charge in [0.15, 0.2) is 5.82 Å². The topological polar surface area (TPSA) is 234 Å². The van der Waals surface area contributed by atoms with Gasteiger partial charge in [-0.1, -0.05) is 36.4 Å². The van der Waals surface area contributed by atoms with E-state index in [1.54, 1.807) is 118 Å². The predicted molar refractivity (Wildman–Crippen MR) is 242 cm³/mol. The molecule has 1 aliphatic heterocycles. The second-order valence-corrected chi connectivity index (χ2v) is 19.8. The van der Waals surface area contributed by atoms with Crippen LogP contribution >= 0.6 is 0 Å². The van der Waals surface area contributed by atoms with E-state index in [4.69, 9.17) is 18.9 Å². The summed E-state index contributed by atoms with van der Waals surface area (Å²) in [6.45, 7) is 4.48. The molecule has 3 heterocycles. The Morgan fingerprint density at radius 3 is 1.94 bits per heavy atom. The Morgan fingerprint density at radius 1 is 0.803 bits per heavy atom. The van der Waals surface area contributed by atoms with Gasteiger partial charge in [-0.05, 0) is 96.4 Å². The first-order valence-corrected chi connectivity index (χ1v) is 23.7. The maximum absolute atomic E-state index is 16.0. The molecule has 0 radical (unpaired) electrons. The second-order valence-electron chi connectivity index (χ2n) is 16.2. The van der Waals surface area contributed by atoms with Crippen molar-refractivity contribution in [2.75, 3.05) is 45.9 Å². The Morgan fingerprint density at radius 2 is 1.38 bits per heavy atom. The zero-order valence-corrected chi connectivity index (χ0v) is 38.9. The molecule has 22 heteroatoms. The Kier molecular flexibility index (Phi) is 14.3. The van der Waals surface area contributed by atoms with Crippen molar-refractivity contribution in [1.82, 2.24) is 44.1 Å². The number of fused-ring (bicyclic) bond motifs is 1. The first kappa shape index (κ1) is 47.4. The number of amides is 1. The maximum Gasteiger partial charge on any atom is 0.407 e. The molecule has 1 aliphatic rings. The molecular weight excluding hydrogens is 893 g/mol. The number of nitrogens with zero attached hydrogens (tertiary/aromatic N) is 8. The standard InChI is InChI=1S/C44H52N10O10S2/c1-44(2,3)64-43(56)46-25-33(55)26-47-65(57,58)38-20-19-37(53-24-23-51-22-21-45-42(51)53)39(41-48-49-50-54(41)29-32-11-17-36(63-6)18-12-32)40(38)66(59,60)52(27-30-7-13-34(61-4)14-8-30)28-31-9-15-35(62-5)16-10-31/h7-22,33,47,55H,23-29H2,1-6H3,(H,46,56)/t33-/m1/s1. The zero-order chi connectivity index (χ0) is 47.2. The molecular formula is C44H52N10O10S2. The highest BCUT2D eigenvalue weighted by Crippen LogP contribution is 2.44. The SMILES string of the molecule is COc1ccc(CN(Cc2ccc(OC)cc2)S(=O)(=O)c2c(S(=O)(=O)NC[C@H](O)CNC(=O)OC(C)(C)C)ccc(N3CCn4ccnc43)c2-c2nnnn2Cc2ccc(OC)cc2)cc1. The van der Waals surface area contributed by atoms with E-state index in [-0.39, 0.29) is 43.3 Å². The average Bonchev–Trinajstić information content (AvgIpc) is 4.06. The molecule has 0 saturated carbocycles. The van der Waals surface area contributed by atoms with E-state index in [1.807, 2.05) is 4.57 Å². The minimum absolute atomic E-state index is 0.0490. The Labute approximate surface area is 383 Å². The molecule has 0 saturated heterocycles. The van der Waals surface area contributed by atoms with Crippen LogP contribution in [0.4, 0.5) is 16.4 Å². The van der Waals surface area contributed by atoms with Gasteiger partial charge < -0.3 is 38.8 Å². The lowest BCUT2D eigenvalue weighted by Crippen LogP contribution is -2.42. The summed E-state index contributed by atoms with van der Waals surface area (Å²) in [5.74, 6) is 2.14. The molecule has 0 spiro atoms. The van der Waals surface area contributed by atoms with Crippen LogP contribution in [-0.4, -0.2) is 115 Å². The number of aliphatic hydroxyl groups is 1. The van der Waals surface area contributed by atoms with Crippen LogP contribution in [0.5, 0.6) is 17.2 Å². The number of carbonyl (C=O) groups is 1. The lowest BCUT2D eigenvalue weighted by atomic mass is 10.1. The van der Waals surface area contributed by atoms with Crippen molar-refractivity contribution in [1.29, 1.82) is 0 Å². The molecule has 6 aromatic rings. The number of rotatable bonds is 19. The maximum atomic E-state index is 16.0. The van der Waals surface area contributed by atoms with Gasteiger partial charge in [0, 0.05) is 51.7 Å². The van der Waals surface area contributed by atoms with Gasteiger partial charge in [0.1, 0.15) is 32.6 Å². The molecule has 7 rings (SSSR count). The highest BCUT2D eigenvalue weighted by atomic mass is 32.2. The molecule has 66 heavy (non-hydrogen) atoms. The van der Waals surface area contributed by atoms with Crippen molar-refractivity contribution in [2.45, 2.75) is 68.4 Å². The van der Waals surface area contributed by atoms with Crippen LogP contribution in [0, 0.1) is 0 Å². The third-order valence-corrected chi connectivity index (χ3v) is 13.9. The number of nitrogens with one attached hydrogen (secondary N) is 2. The van der Waals surface area contributed by atoms with Gasteiger partial charge in [-0.15, -0.1) is 5.10 Å².